The number of carbonyl (C=O) groups is 1. The van der Waals surface area contributed by atoms with Crippen molar-refractivity contribution in [3.05, 3.63) is 47.0 Å². The predicted molar refractivity (Wildman–Crippen MR) is 111 cm³/mol. The molecule has 144 valence electrons. The van der Waals surface area contributed by atoms with Crippen LogP contribution in [-0.2, 0) is 9.53 Å². The topological polar surface area (TPSA) is 32.8 Å². The fourth-order valence-corrected chi connectivity index (χ4v) is 5.55. The van der Waals surface area contributed by atoms with Crippen molar-refractivity contribution in [1.29, 1.82) is 0 Å². The number of carbonyl (C=O) groups excluding carboxylic acids is 1. The maximum Gasteiger partial charge on any atom is 0.219 e. The summed E-state index contributed by atoms with van der Waals surface area (Å²) in [4.78, 5) is 19.2. The van der Waals surface area contributed by atoms with Crippen LogP contribution < -0.4 is 4.90 Å². The van der Waals surface area contributed by atoms with Crippen LogP contribution >= 0.6 is 11.8 Å². The number of hydrogen-bond donors (Lipinski definition) is 0. The van der Waals surface area contributed by atoms with E-state index in [1.54, 1.807) is 14.0 Å². The highest BCUT2D eigenvalue weighted by Crippen LogP contribution is 2.46. The monoisotopic (exact) mass is 384 g/mol. The molecule has 1 aromatic carbocycles. The lowest BCUT2D eigenvalue weighted by atomic mass is 9.98. The first kappa shape index (κ1) is 18.6. The van der Waals surface area contributed by atoms with E-state index in [1.165, 1.54) is 27.6 Å². The Morgan fingerprint density at radius 2 is 2.15 bits per heavy atom. The lowest BCUT2D eigenvalue weighted by Crippen LogP contribution is -2.44. The second kappa shape index (κ2) is 8.11. The molecule has 1 amide bonds. The van der Waals surface area contributed by atoms with E-state index >= 15 is 0 Å². The number of rotatable bonds is 4. The van der Waals surface area contributed by atoms with Crippen LogP contribution in [0.25, 0.3) is 0 Å². The van der Waals surface area contributed by atoms with Crippen molar-refractivity contribution in [3.63, 3.8) is 0 Å². The molecule has 0 bridgehead atoms. The van der Waals surface area contributed by atoms with Gasteiger partial charge in [-0.15, -0.1) is 0 Å². The zero-order valence-electron chi connectivity index (χ0n) is 16.2. The fraction of sp³-hybridized carbons (Fsp3) is 0.500. The first-order valence-corrected chi connectivity index (χ1v) is 10.7. The van der Waals surface area contributed by atoms with Gasteiger partial charge in [-0.05, 0) is 43.9 Å². The van der Waals surface area contributed by atoms with Crippen LogP contribution in [0.2, 0.25) is 0 Å². The van der Waals surface area contributed by atoms with Crippen LogP contribution in [0, 0.1) is 0 Å². The van der Waals surface area contributed by atoms with Gasteiger partial charge in [0.1, 0.15) is 0 Å². The number of fused-ring (bicyclic) bond motifs is 1. The average molecular weight is 385 g/mol. The Bertz CT molecular complexity index is 773. The summed E-state index contributed by atoms with van der Waals surface area (Å²) in [7, 11) is 1.78. The third-order valence-corrected chi connectivity index (χ3v) is 7.02. The average Bonchev–Trinajstić information content (AvgIpc) is 2.71. The van der Waals surface area contributed by atoms with Gasteiger partial charge in [-0.2, -0.15) is 0 Å². The third kappa shape index (κ3) is 3.81. The van der Waals surface area contributed by atoms with Gasteiger partial charge in [0.2, 0.25) is 5.91 Å². The molecule has 1 aromatic rings. The summed E-state index contributed by atoms with van der Waals surface area (Å²) in [5, 5.41) is 0. The number of allylic oxidation sites excluding steroid dienone is 1. The van der Waals surface area contributed by atoms with Gasteiger partial charge in [-0.1, -0.05) is 30.0 Å². The first-order chi connectivity index (χ1) is 13.2. The maximum absolute atomic E-state index is 12.0. The summed E-state index contributed by atoms with van der Waals surface area (Å²) >= 11 is 1.86. The van der Waals surface area contributed by atoms with E-state index < -0.39 is 0 Å². The molecule has 2 atom stereocenters. The number of ether oxygens (including phenoxy) is 1. The molecule has 2 aliphatic heterocycles. The molecule has 0 aromatic heterocycles. The summed E-state index contributed by atoms with van der Waals surface area (Å²) in [6.07, 6.45) is 9.91. The summed E-state index contributed by atoms with van der Waals surface area (Å²) in [5.74, 6) is 0.217. The highest BCUT2D eigenvalue weighted by molar-refractivity contribution is 8.03. The van der Waals surface area contributed by atoms with E-state index in [2.05, 4.69) is 46.2 Å². The molecule has 1 aliphatic carbocycles. The molecular weight excluding hydrogens is 356 g/mol. The summed E-state index contributed by atoms with van der Waals surface area (Å²) in [5.41, 5.74) is 2.65. The number of nitrogens with zero attached hydrogens (tertiary/aromatic N) is 2. The van der Waals surface area contributed by atoms with Gasteiger partial charge in [-0.25, -0.2) is 0 Å². The Hall–Kier alpha value is -1.72. The lowest BCUT2D eigenvalue weighted by Gasteiger charge is -2.40. The SMILES string of the molecule is CO[C@H]1C=CC2=C(C1)N(CCC1CCCCN1C(C)=O)c1ccccc1S2. The molecule has 0 N–H and O–H groups in total. The smallest absolute Gasteiger partial charge is 0.219 e. The minimum absolute atomic E-state index is 0.139. The Labute approximate surface area is 166 Å². The predicted octanol–water partition coefficient (Wildman–Crippen LogP) is 4.58. The zero-order chi connectivity index (χ0) is 18.8. The van der Waals surface area contributed by atoms with E-state index in [-0.39, 0.29) is 12.0 Å². The zero-order valence-corrected chi connectivity index (χ0v) is 17.0. The molecule has 1 saturated heterocycles. The molecule has 4 rings (SSSR count). The number of anilines is 1. The Kier molecular flexibility index (Phi) is 5.60. The van der Waals surface area contributed by atoms with Crippen LogP contribution in [-0.4, -0.2) is 43.2 Å². The number of likely N-dealkylation sites (tertiary alicyclic amines) is 1. The number of hydrogen-bond acceptors (Lipinski definition) is 4. The van der Waals surface area contributed by atoms with Crippen molar-refractivity contribution in [1.82, 2.24) is 4.90 Å². The molecule has 4 nitrogen and oxygen atoms in total. The second-order valence-corrected chi connectivity index (χ2v) is 8.60. The van der Waals surface area contributed by atoms with Gasteiger partial charge >= 0.3 is 0 Å². The van der Waals surface area contributed by atoms with Crippen LogP contribution in [0.1, 0.15) is 39.0 Å². The summed E-state index contributed by atoms with van der Waals surface area (Å²) in [6, 6.07) is 9.01. The largest absolute Gasteiger partial charge is 0.377 e. The van der Waals surface area contributed by atoms with E-state index in [1.807, 2.05) is 11.8 Å². The van der Waals surface area contributed by atoms with Gasteiger partial charge < -0.3 is 14.5 Å². The molecule has 1 unspecified atom stereocenters. The number of amides is 1. The molecule has 27 heavy (non-hydrogen) atoms. The Balaban J connectivity index is 1.58. The van der Waals surface area contributed by atoms with Gasteiger partial charge in [0, 0.05) is 55.1 Å². The first-order valence-electron chi connectivity index (χ1n) is 9.93. The van der Waals surface area contributed by atoms with Crippen molar-refractivity contribution in [2.45, 2.75) is 56.1 Å². The van der Waals surface area contributed by atoms with Crippen molar-refractivity contribution < 1.29 is 9.53 Å². The van der Waals surface area contributed by atoms with Crippen LogP contribution in [0.15, 0.2) is 51.9 Å². The Morgan fingerprint density at radius 1 is 1.30 bits per heavy atom. The van der Waals surface area contributed by atoms with Gasteiger partial charge in [-0.3, -0.25) is 4.79 Å². The van der Waals surface area contributed by atoms with Crippen molar-refractivity contribution in [3.8, 4) is 0 Å². The lowest BCUT2D eigenvalue weighted by molar-refractivity contribution is -0.132. The van der Waals surface area contributed by atoms with Crippen molar-refractivity contribution in [2.24, 2.45) is 0 Å². The van der Waals surface area contributed by atoms with Crippen molar-refractivity contribution in [2.75, 3.05) is 25.1 Å². The minimum Gasteiger partial charge on any atom is -0.377 e. The standard InChI is InChI=1S/C22H28N2O2S/c1-16(25)23-13-6-5-7-17(23)12-14-24-19-8-3-4-9-21(19)27-22-11-10-18(26-2)15-20(22)24/h3-4,8-11,17-18H,5-7,12-15H2,1-2H3/t17?,18-/m0/s1. The molecule has 3 aliphatic rings. The molecule has 5 heteroatoms. The number of piperidine rings is 1. The second-order valence-electron chi connectivity index (χ2n) is 7.52. The number of benzene rings is 1. The third-order valence-electron chi connectivity index (χ3n) is 5.86. The normalized spacial score (nSPS) is 24.7. The molecule has 1 fully saturated rings. The highest BCUT2D eigenvalue weighted by Gasteiger charge is 2.30. The number of thioether (sulfide) groups is 1. The summed E-state index contributed by atoms with van der Waals surface area (Å²) < 4.78 is 5.61. The quantitative estimate of drug-likeness (QED) is 0.761. The summed E-state index contributed by atoms with van der Waals surface area (Å²) in [6.45, 7) is 3.56. The van der Waals surface area contributed by atoms with Crippen LogP contribution in [0.3, 0.4) is 0 Å². The van der Waals surface area contributed by atoms with E-state index in [9.17, 15) is 4.79 Å². The molecule has 0 radical (unpaired) electrons. The number of para-hydroxylation sites is 1. The fourth-order valence-electron chi connectivity index (χ4n) is 4.43. The van der Waals surface area contributed by atoms with Gasteiger partial charge in [0.25, 0.3) is 0 Å². The van der Waals surface area contributed by atoms with E-state index in [0.29, 0.717) is 6.04 Å². The molecule has 0 spiro atoms. The molecular formula is C22H28N2O2S. The molecule has 0 saturated carbocycles. The highest BCUT2D eigenvalue weighted by atomic mass is 32.2. The van der Waals surface area contributed by atoms with E-state index in [0.717, 1.165) is 38.8 Å². The number of methoxy groups -OCH3 is 1. The molecule has 2 heterocycles. The maximum atomic E-state index is 12.0. The van der Waals surface area contributed by atoms with Crippen LogP contribution in [0.5, 0.6) is 0 Å². The van der Waals surface area contributed by atoms with Crippen molar-refractivity contribution >= 4 is 23.4 Å². The van der Waals surface area contributed by atoms with Gasteiger partial charge in [0.15, 0.2) is 0 Å². The Morgan fingerprint density at radius 3 is 2.96 bits per heavy atom. The van der Waals surface area contributed by atoms with E-state index in [4.69, 9.17) is 4.74 Å². The minimum atomic E-state index is 0.139. The van der Waals surface area contributed by atoms with Crippen LogP contribution in [0.4, 0.5) is 5.69 Å². The van der Waals surface area contributed by atoms with Gasteiger partial charge in [0.05, 0.1) is 11.8 Å².